The van der Waals surface area contributed by atoms with Crippen LogP contribution in [0.3, 0.4) is 0 Å². The third-order valence-electron chi connectivity index (χ3n) is 3.09. The summed E-state index contributed by atoms with van der Waals surface area (Å²) in [6, 6.07) is 6.01. The normalized spacial score (nSPS) is 12.8. The van der Waals surface area contributed by atoms with Crippen molar-refractivity contribution in [2.24, 2.45) is 0 Å². The molecule has 0 bridgehead atoms. The Hall–Kier alpha value is -1.66. The summed E-state index contributed by atoms with van der Waals surface area (Å²) >= 11 is 3.36. The first-order valence-corrected chi connectivity index (χ1v) is 8.03. The maximum atomic E-state index is 5.80. The molecule has 0 aliphatic carbocycles. The molecule has 0 radical (unpaired) electrons. The number of nitrogen functional groups attached to an aromatic ring is 1. The van der Waals surface area contributed by atoms with Crippen LogP contribution < -0.4 is 11.1 Å². The lowest BCUT2D eigenvalue weighted by molar-refractivity contribution is 0.888. The van der Waals surface area contributed by atoms with Gasteiger partial charge in [0.15, 0.2) is 5.13 Å². The summed E-state index contributed by atoms with van der Waals surface area (Å²) in [4.78, 5) is 10.3. The fourth-order valence-corrected chi connectivity index (χ4v) is 4.13. The van der Waals surface area contributed by atoms with Gasteiger partial charge in [-0.3, -0.25) is 0 Å². The van der Waals surface area contributed by atoms with Crippen LogP contribution in [0.15, 0.2) is 18.2 Å². The fraction of sp³-hybridized carbons (Fsp3) is 0.286. The zero-order valence-electron chi connectivity index (χ0n) is 11.6. The minimum atomic E-state index is 0.208. The molecular weight excluding hydrogens is 288 g/mol. The molecule has 1 aromatic carbocycles. The smallest absolute Gasteiger partial charge is 0.184 e. The number of hydrogen-bond acceptors (Lipinski definition) is 6. The predicted octanol–water partition coefficient (Wildman–Crippen LogP) is 4.12. The van der Waals surface area contributed by atoms with Gasteiger partial charge < -0.3 is 11.1 Å². The lowest BCUT2D eigenvalue weighted by Crippen LogP contribution is -2.05. The Morgan fingerprint density at radius 3 is 2.70 bits per heavy atom. The molecule has 3 N–H and O–H groups in total. The van der Waals surface area contributed by atoms with Gasteiger partial charge in [0, 0.05) is 10.6 Å². The van der Waals surface area contributed by atoms with Gasteiger partial charge in [-0.1, -0.05) is 11.3 Å². The van der Waals surface area contributed by atoms with Crippen molar-refractivity contribution in [2.45, 2.75) is 26.8 Å². The summed E-state index contributed by atoms with van der Waals surface area (Å²) < 4.78 is 1.11. The highest BCUT2D eigenvalue weighted by atomic mass is 32.1. The molecule has 2 aromatic heterocycles. The Kier molecular flexibility index (Phi) is 3.35. The highest BCUT2D eigenvalue weighted by Crippen LogP contribution is 2.32. The van der Waals surface area contributed by atoms with E-state index in [1.807, 2.05) is 25.1 Å². The average molecular weight is 304 g/mol. The molecule has 0 fully saturated rings. The van der Waals surface area contributed by atoms with Gasteiger partial charge in [-0.15, -0.1) is 11.3 Å². The van der Waals surface area contributed by atoms with Crippen LogP contribution in [0.5, 0.6) is 0 Å². The van der Waals surface area contributed by atoms with E-state index in [1.54, 1.807) is 22.7 Å². The summed E-state index contributed by atoms with van der Waals surface area (Å²) in [5.41, 5.74) is 8.65. The van der Waals surface area contributed by atoms with E-state index in [9.17, 15) is 0 Å². The van der Waals surface area contributed by atoms with Gasteiger partial charge in [0.1, 0.15) is 0 Å². The molecule has 0 spiro atoms. The largest absolute Gasteiger partial charge is 0.399 e. The lowest BCUT2D eigenvalue weighted by Gasteiger charge is -2.11. The fourth-order valence-electron chi connectivity index (χ4n) is 2.20. The number of nitrogens with two attached hydrogens (primary N) is 1. The average Bonchev–Trinajstić information content (AvgIpc) is 2.91. The van der Waals surface area contributed by atoms with Crippen LogP contribution in [0.4, 0.5) is 10.8 Å². The van der Waals surface area contributed by atoms with Crippen LogP contribution in [0.25, 0.3) is 10.2 Å². The molecule has 2 heterocycles. The third-order valence-corrected chi connectivity index (χ3v) is 5.29. The number of fused-ring (bicyclic) bond motifs is 1. The summed E-state index contributed by atoms with van der Waals surface area (Å²) in [5, 5.41) is 5.48. The first kappa shape index (κ1) is 13.3. The molecule has 3 rings (SSSR count). The van der Waals surface area contributed by atoms with Crippen LogP contribution in [-0.4, -0.2) is 9.97 Å². The van der Waals surface area contributed by atoms with Crippen molar-refractivity contribution in [3.05, 3.63) is 33.8 Å². The van der Waals surface area contributed by atoms with Crippen molar-refractivity contribution < 1.29 is 0 Å². The molecular formula is C14H16N4S2. The molecule has 0 saturated heterocycles. The highest BCUT2D eigenvalue weighted by molar-refractivity contribution is 7.22. The Balaban J connectivity index is 1.87. The topological polar surface area (TPSA) is 63.8 Å². The first-order valence-electron chi connectivity index (χ1n) is 6.39. The Morgan fingerprint density at radius 1 is 1.20 bits per heavy atom. The quantitative estimate of drug-likeness (QED) is 0.714. The molecule has 1 unspecified atom stereocenters. The molecule has 0 amide bonds. The number of nitrogens with zero attached hydrogens (tertiary/aromatic N) is 2. The number of rotatable bonds is 3. The van der Waals surface area contributed by atoms with E-state index in [0.717, 1.165) is 31.7 Å². The maximum absolute atomic E-state index is 5.80. The van der Waals surface area contributed by atoms with E-state index < -0.39 is 0 Å². The van der Waals surface area contributed by atoms with Crippen LogP contribution in [0.1, 0.15) is 28.5 Å². The monoisotopic (exact) mass is 304 g/mol. The van der Waals surface area contributed by atoms with E-state index in [-0.39, 0.29) is 6.04 Å². The molecule has 20 heavy (non-hydrogen) atoms. The minimum absolute atomic E-state index is 0.208. The van der Waals surface area contributed by atoms with Crippen molar-refractivity contribution in [3.8, 4) is 0 Å². The van der Waals surface area contributed by atoms with Crippen LogP contribution in [-0.2, 0) is 0 Å². The summed E-state index contributed by atoms with van der Waals surface area (Å²) in [6.45, 7) is 6.23. The van der Waals surface area contributed by atoms with Crippen LogP contribution >= 0.6 is 22.7 Å². The van der Waals surface area contributed by atoms with Gasteiger partial charge in [0.25, 0.3) is 0 Å². The number of anilines is 2. The Bertz CT molecular complexity index is 760. The molecule has 0 aliphatic heterocycles. The minimum Gasteiger partial charge on any atom is -0.399 e. The second kappa shape index (κ2) is 5.03. The molecule has 6 heteroatoms. The van der Waals surface area contributed by atoms with Crippen LogP contribution in [0, 0.1) is 13.8 Å². The molecule has 0 aliphatic rings. The van der Waals surface area contributed by atoms with E-state index >= 15 is 0 Å². The summed E-state index contributed by atoms with van der Waals surface area (Å²) in [6.07, 6.45) is 0. The Morgan fingerprint density at radius 2 is 2.00 bits per heavy atom. The zero-order chi connectivity index (χ0) is 14.3. The maximum Gasteiger partial charge on any atom is 0.184 e. The lowest BCUT2D eigenvalue weighted by atomic mass is 10.2. The van der Waals surface area contributed by atoms with Crippen molar-refractivity contribution in [3.63, 3.8) is 0 Å². The van der Waals surface area contributed by atoms with Crippen molar-refractivity contribution >= 4 is 43.7 Å². The van der Waals surface area contributed by atoms with Gasteiger partial charge in [-0.05, 0) is 39.0 Å². The molecule has 104 valence electrons. The van der Waals surface area contributed by atoms with Crippen LogP contribution in [0.2, 0.25) is 0 Å². The van der Waals surface area contributed by atoms with Gasteiger partial charge in [-0.25, -0.2) is 9.97 Å². The van der Waals surface area contributed by atoms with E-state index in [2.05, 4.69) is 29.1 Å². The van der Waals surface area contributed by atoms with E-state index in [0.29, 0.717) is 0 Å². The van der Waals surface area contributed by atoms with Gasteiger partial charge in [0.2, 0.25) is 0 Å². The van der Waals surface area contributed by atoms with Gasteiger partial charge in [-0.2, -0.15) is 0 Å². The third kappa shape index (κ3) is 2.48. The Labute approximate surface area is 125 Å². The van der Waals surface area contributed by atoms with E-state index in [1.165, 1.54) is 4.88 Å². The number of benzene rings is 1. The van der Waals surface area contributed by atoms with E-state index in [4.69, 9.17) is 5.73 Å². The summed E-state index contributed by atoms with van der Waals surface area (Å²) in [5.74, 6) is 0. The van der Waals surface area contributed by atoms with Gasteiger partial charge in [0.05, 0.1) is 27.0 Å². The first-order chi connectivity index (χ1) is 9.52. The van der Waals surface area contributed by atoms with Crippen molar-refractivity contribution in [1.29, 1.82) is 0 Å². The molecule has 1 atom stereocenters. The number of aryl methyl sites for hydroxylation is 2. The molecule has 4 nitrogen and oxygen atoms in total. The number of thiazole rings is 2. The van der Waals surface area contributed by atoms with Gasteiger partial charge >= 0.3 is 0 Å². The highest BCUT2D eigenvalue weighted by Gasteiger charge is 2.14. The number of hydrogen-bond donors (Lipinski definition) is 2. The number of nitrogens with one attached hydrogen (secondary N) is 1. The molecule has 3 aromatic rings. The second-order valence-electron chi connectivity index (χ2n) is 4.79. The zero-order valence-corrected chi connectivity index (χ0v) is 13.2. The number of aromatic nitrogens is 2. The van der Waals surface area contributed by atoms with Crippen molar-refractivity contribution in [2.75, 3.05) is 11.1 Å². The SMILES string of the molecule is Cc1nc(C)c(C(C)Nc2nc3ccc(N)cc3s2)s1. The molecule has 0 saturated carbocycles. The standard InChI is InChI=1S/C14H16N4S2/c1-7-13(19-9(3)16-7)8(2)17-14-18-11-5-4-10(15)6-12(11)20-14/h4-6,8H,15H2,1-3H3,(H,17,18). The predicted molar refractivity (Wildman–Crippen MR) is 87.7 cm³/mol. The van der Waals surface area contributed by atoms with Crippen molar-refractivity contribution in [1.82, 2.24) is 9.97 Å². The second-order valence-corrected chi connectivity index (χ2v) is 7.06. The summed E-state index contributed by atoms with van der Waals surface area (Å²) in [7, 11) is 0.